The van der Waals surface area contributed by atoms with Crippen LogP contribution in [0.3, 0.4) is 0 Å². The lowest BCUT2D eigenvalue weighted by Gasteiger charge is -2.27. The average molecular weight is 327 g/mol. The molecule has 122 valence electrons. The quantitative estimate of drug-likeness (QED) is 0.812. The summed E-state index contributed by atoms with van der Waals surface area (Å²) in [5, 5.41) is 8.83. The fourth-order valence-electron chi connectivity index (χ4n) is 2.30. The Hall–Kier alpha value is -1.89. The van der Waals surface area contributed by atoms with Gasteiger partial charge >= 0.3 is 5.97 Å². The van der Waals surface area contributed by atoms with Crippen molar-refractivity contribution < 1.29 is 23.1 Å². The van der Waals surface area contributed by atoms with Crippen LogP contribution in [0.4, 0.5) is 0 Å². The highest BCUT2D eigenvalue weighted by Gasteiger charge is 2.22. The number of carboxylic acid groups (broad SMARTS) is 1. The second-order valence-electron chi connectivity index (χ2n) is 5.30. The van der Waals surface area contributed by atoms with Crippen molar-refractivity contribution in [3.8, 4) is 0 Å². The van der Waals surface area contributed by atoms with E-state index in [1.165, 1.54) is 17.0 Å². The summed E-state index contributed by atoms with van der Waals surface area (Å²) < 4.78 is 22.7. The number of nitrogens with zero attached hydrogens (tertiary/aromatic N) is 1. The van der Waals surface area contributed by atoms with E-state index in [1.807, 2.05) is 0 Å². The Bertz CT molecular complexity index is 636. The van der Waals surface area contributed by atoms with Crippen LogP contribution >= 0.6 is 0 Å². The van der Waals surface area contributed by atoms with Crippen LogP contribution in [0.15, 0.2) is 24.3 Å². The molecule has 0 spiro atoms. The van der Waals surface area contributed by atoms with Crippen molar-refractivity contribution >= 4 is 21.7 Å². The summed E-state index contributed by atoms with van der Waals surface area (Å²) >= 11 is 0. The molecule has 0 fully saturated rings. The molecule has 6 nitrogen and oxygen atoms in total. The van der Waals surface area contributed by atoms with Crippen LogP contribution in [0, 0.1) is 0 Å². The Kier molecular flexibility index (Phi) is 6.11. The van der Waals surface area contributed by atoms with Crippen LogP contribution < -0.4 is 0 Å². The summed E-state index contributed by atoms with van der Waals surface area (Å²) in [5.41, 5.74) is 0.856. The minimum absolute atomic E-state index is 0.0788. The third-order valence-corrected chi connectivity index (χ3v) is 4.38. The fourth-order valence-corrected chi connectivity index (χ4v) is 3.36. The molecule has 1 rings (SSSR count). The van der Waals surface area contributed by atoms with Crippen LogP contribution in [-0.2, 0) is 21.1 Å². The van der Waals surface area contributed by atoms with Crippen molar-refractivity contribution in [3.63, 3.8) is 0 Å². The zero-order chi connectivity index (χ0) is 16.9. The Morgan fingerprint density at radius 2 is 1.77 bits per heavy atom. The summed E-state index contributed by atoms with van der Waals surface area (Å²) in [6.07, 6.45) is 1.26. The molecule has 22 heavy (non-hydrogen) atoms. The lowest BCUT2D eigenvalue weighted by Crippen LogP contribution is -2.42. The van der Waals surface area contributed by atoms with E-state index >= 15 is 0 Å². The first-order chi connectivity index (χ1) is 10.1. The summed E-state index contributed by atoms with van der Waals surface area (Å²) in [6.45, 7) is 3.92. The standard InChI is InChI=1S/C15H21NO5S/c1-4-16(11(2)10-22(3,20)21)14(17)9-12-5-7-13(8-6-12)15(18)19/h5-8,11H,4,9-10H2,1-3H3,(H,18,19). The van der Waals surface area contributed by atoms with Gasteiger partial charge < -0.3 is 10.0 Å². The first kappa shape index (κ1) is 18.2. The molecule has 1 amide bonds. The number of benzene rings is 1. The monoisotopic (exact) mass is 327 g/mol. The number of rotatable bonds is 7. The molecule has 0 radical (unpaired) electrons. The van der Waals surface area contributed by atoms with Crippen molar-refractivity contribution in [1.82, 2.24) is 4.90 Å². The van der Waals surface area contributed by atoms with Crippen molar-refractivity contribution in [1.29, 1.82) is 0 Å². The van der Waals surface area contributed by atoms with Crippen LogP contribution in [0.5, 0.6) is 0 Å². The summed E-state index contributed by atoms with van der Waals surface area (Å²) in [7, 11) is -3.16. The molecule has 1 N–H and O–H groups in total. The summed E-state index contributed by atoms with van der Waals surface area (Å²) in [5.74, 6) is -1.28. The molecule has 1 aromatic rings. The van der Waals surface area contributed by atoms with Gasteiger partial charge in [0.05, 0.1) is 17.7 Å². The van der Waals surface area contributed by atoms with Crippen molar-refractivity contribution in [2.24, 2.45) is 0 Å². The van der Waals surface area contributed by atoms with Gasteiger partial charge in [-0.05, 0) is 31.5 Å². The molecule has 1 aromatic carbocycles. The number of hydrogen-bond acceptors (Lipinski definition) is 4. The van der Waals surface area contributed by atoms with Crippen LogP contribution in [0.1, 0.15) is 29.8 Å². The van der Waals surface area contributed by atoms with Crippen LogP contribution in [0.25, 0.3) is 0 Å². The maximum atomic E-state index is 12.3. The normalized spacial score (nSPS) is 12.7. The molecule has 0 aliphatic carbocycles. The van der Waals surface area contributed by atoms with Gasteiger partial charge in [0.25, 0.3) is 0 Å². The van der Waals surface area contributed by atoms with E-state index in [4.69, 9.17) is 5.11 Å². The SMILES string of the molecule is CCN(C(=O)Cc1ccc(C(=O)O)cc1)C(C)CS(C)(=O)=O. The van der Waals surface area contributed by atoms with Crippen molar-refractivity contribution in [2.75, 3.05) is 18.6 Å². The van der Waals surface area contributed by atoms with Crippen LogP contribution in [-0.4, -0.2) is 54.9 Å². The number of hydrogen-bond donors (Lipinski definition) is 1. The maximum Gasteiger partial charge on any atom is 0.335 e. The zero-order valence-electron chi connectivity index (χ0n) is 12.9. The van der Waals surface area contributed by atoms with E-state index in [0.29, 0.717) is 12.1 Å². The lowest BCUT2D eigenvalue weighted by atomic mass is 10.1. The van der Waals surface area contributed by atoms with Gasteiger partial charge in [0.2, 0.25) is 5.91 Å². The second kappa shape index (κ2) is 7.40. The number of aromatic carboxylic acids is 1. The number of amides is 1. The lowest BCUT2D eigenvalue weighted by molar-refractivity contribution is -0.131. The highest BCUT2D eigenvalue weighted by molar-refractivity contribution is 7.90. The molecule has 0 saturated heterocycles. The van der Waals surface area contributed by atoms with Gasteiger partial charge in [0, 0.05) is 18.8 Å². The van der Waals surface area contributed by atoms with Gasteiger partial charge in [-0.1, -0.05) is 12.1 Å². The van der Waals surface area contributed by atoms with Gasteiger partial charge in [-0.2, -0.15) is 0 Å². The molecule has 7 heteroatoms. The number of carbonyl (C=O) groups is 2. The van der Waals surface area contributed by atoms with Crippen molar-refractivity contribution in [2.45, 2.75) is 26.3 Å². The highest BCUT2D eigenvalue weighted by atomic mass is 32.2. The molecule has 1 atom stereocenters. The fraction of sp³-hybridized carbons (Fsp3) is 0.467. The summed E-state index contributed by atoms with van der Waals surface area (Å²) in [6, 6.07) is 5.68. The van der Waals surface area contributed by atoms with Gasteiger partial charge in [0.1, 0.15) is 9.84 Å². The van der Waals surface area contributed by atoms with Gasteiger partial charge in [-0.3, -0.25) is 4.79 Å². The number of sulfone groups is 1. The molecule has 0 saturated carbocycles. The predicted molar refractivity (Wildman–Crippen MR) is 83.7 cm³/mol. The Labute approximate surface area is 130 Å². The number of carboxylic acids is 1. The zero-order valence-corrected chi connectivity index (χ0v) is 13.8. The Morgan fingerprint density at radius 1 is 1.23 bits per heavy atom. The van der Waals surface area contributed by atoms with E-state index in [2.05, 4.69) is 0 Å². The van der Waals surface area contributed by atoms with E-state index in [0.717, 1.165) is 6.26 Å². The molecular formula is C15H21NO5S. The molecule has 0 bridgehead atoms. The first-order valence-corrected chi connectivity index (χ1v) is 8.99. The highest BCUT2D eigenvalue weighted by Crippen LogP contribution is 2.10. The minimum Gasteiger partial charge on any atom is -0.478 e. The molecule has 1 unspecified atom stereocenters. The minimum atomic E-state index is -3.16. The van der Waals surface area contributed by atoms with Gasteiger partial charge in [0.15, 0.2) is 0 Å². The van der Waals surface area contributed by atoms with Crippen LogP contribution in [0.2, 0.25) is 0 Å². The predicted octanol–water partition coefficient (Wildman–Crippen LogP) is 1.21. The largest absolute Gasteiger partial charge is 0.478 e. The third-order valence-electron chi connectivity index (χ3n) is 3.29. The molecule has 0 aliphatic heterocycles. The molecular weight excluding hydrogens is 306 g/mol. The topological polar surface area (TPSA) is 91.8 Å². The van der Waals surface area contributed by atoms with E-state index in [1.54, 1.807) is 26.0 Å². The van der Waals surface area contributed by atoms with Crippen molar-refractivity contribution in [3.05, 3.63) is 35.4 Å². The molecule has 0 aromatic heterocycles. The number of likely N-dealkylation sites (N-methyl/N-ethyl adjacent to an activating group) is 1. The smallest absolute Gasteiger partial charge is 0.335 e. The average Bonchev–Trinajstić information content (AvgIpc) is 2.37. The third kappa shape index (κ3) is 5.48. The summed E-state index contributed by atoms with van der Waals surface area (Å²) in [4.78, 5) is 24.6. The Morgan fingerprint density at radius 3 is 2.18 bits per heavy atom. The van der Waals surface area contributed by atoms with Gasteiger partial charge in [-0.25, -0.2) is 13.2 Å². The maximum absolute atomic E-state index is 12.3. The van der Waals surface area contributed by atoms with Gasteiger partial charge in [-0.15, -0.1) is 0 Å². The molecule has 0 heterocycles. The Balaban J connectivity index is 2.78. The van der Waals surface area contributed by atoms with E-state index < -0.39 is 21.8 Å². The number of carbonyl (C=O) groups excluding carboxylic acids is 1. The second-order valence-corrected chi connectivity index (χ2v) is 7.48. The first-order valence-electron chi connectivity index (χ1n) is 6.93. The molecule has 0 aliphatic rings. The van der Waals surface area contributed by atoms with E-state index in [-0.39, 0.29) is 23.6 Å². The van der Waals surface area contributed by atoms with E-state index in [9.17, 15) is 18.0 Å².